The highest BCUT2D eigenvalue weighted by Crippen LogP contribution is 2.14. The molecule has 17 heavy (non-hydrogen) atoms. The van der Waals surface area contributed by atoms with E-state index in [2.05, 4.69) is 4.98 Å². The predicted molar refractivity (Wildman–Crippen MR) is 65.8 cm³/mol. The molecule has 1 aromatic heterocycles. The van der Waals surface area contributed by atoms with Crippen LogP contribution < -0.4 is 0 Å². The topological polar surface area (TPSA) is 52.0 Å². The highest BCUT2D eigenvalue weighted by atomic mass is 35.7. The summed E-state index contributed by atoms with van der Waals surface area (Å²) in [6, 6.07) is 7.29. The van der Waals surface area contributed by atoms with Crippen LogP contribution in [0.2, 0.25) is 5.02 Å². The van der Waals surface area contributed by atoms with Gasteiger partial charge in [0.25, 0.3) is 9.05 Å². The first-order chi connectivity index (χ1) is 7.95. The van der Waals surface area contributed by atoms with E-state index in [-0.39, 0.29) is 5.03 Å². The second kappa shape index (κ2) is 4.68. The first kappa shape index (κ1) is 12.4. The van der Waals surface area contributed by atoms with E-state index in [0.717, 1.165) is 5.56 Å². The van der Waals surface area contributed by atoms with Gasteiger partial charge in [-0.05, 0) is 17.7 Å². The number of hydrogen-bond donors (Lipinski definition) is 0. The largest absolute Gasteiger partial charge is 0.332 e. The third-order valence-electron chi connectivity index (χ3n) is 2.11. The van der Waals surface area contributed by atoms with Gasteiger partial charge < -0.3 is 4.57 Å². The molecule has 1 aromatic carbocycles. The van der Waals surface area contributed by atoms with Gasteiger partial charge in [0.1, 0.15) is 0 Å². The van der Waals surface area contributed by atoms with Crippen LogP contribution in [0.1, 0.15) is 5.56 Å². The summed E-state index contributed by atoms with van der Waals surface area (Å²) >= 11 is 5.85. The van der Waals surface area contributed by atoms with Gasteiger partial charge in [0, 0.05) is 28.4 Å². The number of rotatable bonds is 3. The third-order valence-corrected chi connectivity index (χ3v) is 3.53. The highest BCUT2D eigenvalue weighted by molar-refractivity contribution is 8.13. The Bertz CT molecular complexity index is 637. The van der Waals surface area contributed by atoms with Gasteiger partial charge in [-0.3, -0.25) is 0 Å². The van der Waals surface area contributed by atoms with Gasteiger partial charge >= 0.3 is 0 Å². The first-order valence-electron chi connectivity index (χ1n) is 4.66. The summed E-state index contributed by atoms with van der Waals surface area (Å²) in [6.45, 7) is 0.486. The summed E-state index contributed by atoms with van der Waals surface area (Å²) in [6.07, 6.45) is 2.79. The van der Waals surface area contributed by atoms with Crippen LogP contribution in [0.25, 0.3) is 0 Å². The molecule has 0 saturated carbocycles. The molecule has 0 saturated heterocycles. The van der Waals surface area contributed by atoms with Crippen LogP contribution in [0.15, 0.2) is 41.8 Å². The van der Waals surface area contributed by atoms with Gasteiger partial charge in [-0.15, -0.1) is 0 Å². The van der Waals surface area contributed by atoms with E-state index in [0.29, 0.717) is 11.6 Å². The normalized spacial score (nSPS) is 11.6. The summed E-state index contributed by atoms with van der Waals surface area (Å²) in [7, 11) is 1.41. The lowest BCUT2D eigenvalue weighted by atomic mass is 10.2. The molecular weight excluding hydrogens is 283 g/mol. The summed E-state index contributed by atoms with van der Waals surface area (Å²) in [5.41, 5.74) is 0.952. The quantitative estimate of drug-likeness (QED) is 0.816. The van der Waals surface area contributed by atoms with Crippen molar-refractivity contribution < 1.29 is 8.42 Å². The molecule has 90 valence electrons. The lowest BCUT2D eigenvalue weighted by Gasteiger charge is -2.02. The molecular formula is C10H8Cl2N2O2S. The summed E-state index contributed by atoms with van der Waals surface area (Å²) in [5, 5.41) is 0.481. The summed E-state index contributed by atoms with van der Waals surface area (Å²) in [5.74, 6) is 0. The fourth-order valence-electron chi connectivity index (χ4n) is 1.40. The fourth-order valence-corrected chi connectivity index (χ4v) is 2.28. The Labute approximate surface area is 108 Å². The van der Waals surface area contributed by atoms with Crippen molar-refractivity contribution in [1.29, 1.82) is 0 Å². The van der Waals surface area contributed by atoms with Crippen LogP contribution in [-0.4, -0.2) is 18.0 Å². The van der Waals surface area contributed by atoms with Crippen molar-refractivity contribution in [1.82, 2.24) is 9.55 Å². The summed E-state index contributed by atoms with van der Waals surface area (Å²) < 4.78 is 23.7. The third kappa shape index (κ3) is 3.21. The van der Waals surface area contributed by atoms with Gasteiger partial charge in [-0.25, -0.2) is 13.4 Å². The SMILES string of the molecule is O=S(=O)(Cl)c1cn(Cc2cccc(Cl)c2)cn1. The average Bonchev–Trinajstić information content (AvgIpc) is 2.65. The van der Waals surface area contributed by atoms with E-state index in [1.807, 2.05) is 12.1 Å². The van der Waals surface area contributed by atoms with Crippen molar-refractivity contribution in [3.8, 4) is 0 Å². The molecule has 4 nitrogen and oxygen atoms in total. The molecule has 0 spiro atoms. The first-order valence-corrected chi connectivity index (χ1v) is 7.35. The highest BCUT2D eigenvalue weighted by Gasteiger charge is 2.13. The van der Waals surface area contributed by atoms with E-state index in [4.69, 9.17) is 22.3 Å². The van der Waals surface area contributed by atoms with Gasteiger partial charge in [-0.2, -0.15) is 0 Å². The van der Waals surface area contributed by atoms with Crippen molar-refractivity contribution in [2.75, 3.05) is 0 Å². The molecule has 0 atom stereocenters. The number of benzene rings is 1. The lowest BCUT2D eigenvalue weighted by Crippen LogP contribution is -1.96. The lowest BCUT2D eigenvalue weighted by molar-refractivity contribution is 0.606. The molecule has 0 bridgehead atoms. The number of nitrogens with zero attached hydrogens (tertiary/aromatic N) is 2. The molecule has 1 heterocycles. The van der Waals surface area contributed by atoms with Crippen molar-refractivity contribution in [2.45, 2.75) is 11.6 Å². The van der Waals surface area contributed by atoms with E-state index in [1.54, 1.807) is 16.7 Å². The molecule has 0 amide bonds. The van der Waals surface area contributed by atoms with Gasteiger partial charge in [-0.1, -0.05) is 23.7 Å². The van der Waals surface area contributed by atoms with E-state index in [9.17, 15) is 8.42 Å². The summed E-state index contributed by atoms with van der Waals surface area (Å²) in [4.78, 5) is 3.72. The Morgan fingerprint density at radius 2 is 2.12 bits per heavy atom. The maximum absolute atomic E-state index is 11.0. The zero-order valence-corrected chi connectivity index (χ0v) is 10.9. The Kier molecular flexibility index (Phi) is 3.42. The van der Waals surface area contributed by atoms with Crippen molar-refractivity contribution in [3.05, 3.63) is 47.4 Å². The maximum Gasteiger partial charge on any atom is 0.280 e. The Balaban J connectivity index is 2.23. The molecule has 0 N–H and O–H groups in total. The second-order valence-electron chi connectivity index (χ2n) is 3.45. The number of hydrogen-bond acceptors (Lipinski definition) is 3. The Morgan fingerprint density at radius 3 is 2.71 bits per heavy atom. The van der Waals surface area contributed by atoms with Crippen LogP contribution in [0, 0.1) is 0 Å². The fraction of sp³-hybridized carbons (Fsp3) is 0.100. The van der Waals surface area contributed by atoms with Crippen molar-refractivity contribution in [2.24, 2.45) is 0 Å². The predicted octanol–water partition coefficient (Wildman–Crippen LogP) is 2.51. The molecule has 0 aliphatic carbocycles. The van der Waals surface area contributed by atoms with Gasteiger partial charge in [0.15, 0.2) is 5.03 Å². The smallest absolute Gasteiger partial charge is 0.280 e. The zero-order chi connectivity index (χ0) is 12.5. The monoisotopic (exact) mass is 290 g/mol. The molecule has 0 aliphatic heterocycles. The van der Waals surface area contributed by atoms with Crippen LogP contribution in [0.4, 0.5) is 0 Å². The van der Waals surface area contributed by atoms with Gasteiger partial charge in [0.2, 0.25) is 0 Å². The number of imidazole rings is 1. The number of aromatic nitrogens is 2. The minimum atomic E-state index is -3.77. The van der Waals surface area contributed by atoms with Crippen LogP contribution in [0.3, 0.4) is 0 Å². The van der Waals surface area contributed by atoms with E-state index >= 15 is 0 Å². The van der Waals surface area contributed by atoms with Crippen LogP contribution >= 0.6 is 22.3 Å². The van der Waals surface area contributed by atoms with Crippen molar-refractivity contribution >= 4 is 31.3 Å². The molecule has 2 aromatic rings. The van der Waals surface area contributed by atoms with E-state index < -0.39 is 9.05 Å². The maximum atomic E-state index is 11.0. The van der Waals surface area contributed by atoms with E-state index in [1.165, 1.54) is 12.5 Å². The minimum absolute atomic E-state index is 0.152. The minimum Gasteiger partial charge on any atom is -0.332 e. The van der Waals surface area contributed by atoms with Crippen molar-refractivity contribution in [3.63, 3.8) is 0 Å². The second-order valence-corrected chi connectivity index (χ2v) is 6.40. The molecule has 0 unspecified atom stereocenters. The Morgan fingerprint density at radius 1 is 1.35 bits per heavy atom. The molecule has 0 radical (unpaired) electrons. The van der Waals surface area contributed by atoms with Crippen LogP contribution in [0.5, 0.6) is 0 Å². The molecule has 7 heteroatoms. The average molecular weight is 291 g/mol. The number of halogens is 2. The standard InChI is InChI=1S/C10H8Cl2N2O2S/c11-9-3-1-2-8(4-9)5-14-6-10(13-7-14)17(12,15)16/h1-4,6-7H,5H2. The van der Waals surface area contributed by atoms with Gasteiger partial charge in [0.05, 0.1) is 6.33 Å². The Hall–Kier alpha value is -1.04. The zero-order valence-electron chi connectivity index (χ0n) is 8.55. The van der Waals surface area contributed by atoms with Crippen LogP contribution in [-0.2, 0) is 15.6 Å². The molecule has 0 aliphatic rings. The molecule has 2 rings (SSSR count). The molecule has 0 fully saturated rings.